The van der Waals surface area contributed by atoms with Crippen LogP contribution >= 0.6 is 22.9 Å². The number of nitro groups is 1. The molecule has 1 unspecified atom stereocenters. The van der Waals surface area contributed by atoms with Crippen LogP contribution in [0.5, 0.6) is 0 Å². The zero-order chi connectivity index (χ0) is 18.8. The van der Waals surface area contributed by atoms with Crippen LogP contribution in [0.25, 0.3) is 0 Å². The molecule has 26 heavy (non-hydrogen) atoms. The summed E-state index contributed by atoms with van der Waals surface area (Å²) in [4.78, 5) is 24.3. The second-order valence-electron chi connectivity index (χ2n) is 6.21. The van der Waals surface area contributed by atoms with Gasteiger partial charge in [-0.3, -0.25) is 14.9 Å². The number of carbonyl (C=O) groups excluding carboxylic acids is 1. The highest BCUT2D eigenvalue weighted by atomic mass is 35.5. The van der Waals surface area contributed by atoms with Crippen LogP contribution < -0.4 is 5.32 Å². The van der Waals surface area contributed by atoms with E-state index in [2.05, 4.69) is 18.3 Å². The Morgan fingerprint density at radius 2 is 2.31 bits per heavy atom. The standard InChI is InChI=1S/C18H16ClN3O3S/c1-2-10-3-5-12-14(9-20)18(26-16(12)7-10)21-17(23)13-6-4-11(19)8-15(13)22(24)25/h4,6,8,10H,2-3,5,7H2,1H3,(H,21,23). The highest BCUT2D eigenvalue weighted by Gasteiger charge is 2.27. The van der Waals surface area contributed by atoms with Crippen LogP contribution in [-0.2, 0) is 12.8 Å². The third-order valence-electron chi connectivity index (χ3n) is 4.68. The summed E-state index contributed by atoms with van der Waals surface area (Å²) in [7, 11) is 0. The fourth-order valence-corrected chi connectivity index (χ4v) is 4.70. The lowest BCUT2D eigenvalue weighted by molar-refractivity contribution is -0.385. The van der Waals surface area contributed by atoms with Crippen LogP contribution in [0.1, 0.15) is 46.1 Å². The number of benzene rings is 1. The molecule has 0 aliphatic heterocycles. The summed E-state index contributed by atoms with van der Waals surface area (Å²) in [6, 6.07) is 6.08. The Morgan fingerprint density at radius 1 is 1.54 bits per heavy atom. The van der Waals surface area contributed by atoms with Gasteiger partial charge in [-0.2, -0.15) is 5.26 Å². The van der Waals surface area contributed by atoms with Crippen LogP contribution in [0, 0.1) is 27.4 Å². The first kappa shape index (κ1) is 18.4. The number of carbonyl (C=O) groups is 1. The largest absolute Gasteiger partial charge is 0.312 e. The van der Waals surface area contributed by atoms with Crippen molar-refractivity contribution in [3.63, 3.8) is 0 Å². The van der Waals surface area contributed by atoms with Crippen molar-refractivity contribution in [2.24, 2.45) is 5.92 Å². The van der Waals surface area contributed by atoms with Crippen molar-refractivity contribution in [3.05, 3.63) is 54.9 Å². The molecule has 0 bridgehead atoms. The number of hydrogen-bond donors (Lipinski definition) is 1. The molecule has 1 N–H and O–H groups in total. The number of anilines is 1. The first-order chi connectivity index (χ1) is 12.4. The molecule has 1 aromatic heterocycles. The number of nitro benzene ring substituents is 1. The molecular formula is C18H16ClN3O3S. The van der Waals surface area contributed by atoms with Gasteiger partial charge in [0.2, 0.25) is 0 Å². The van der Waals surface area contributed by atoms with Crippen molar-refractivity contribution in [2.75, 3.05) is 5.32 Å². The van der Waals surface area contributed by atoms with Gasteiger partial charge in [0.1, 0.15) is 16.6 Å². The SMILES string of the molecule is CCC1CCc2c(sc(NC(=O)c3ccc(Cl)cc3[N+](=O)[O-])c2C#N)C1. The predicted molar refractivity (Wildman–Crippen MR) is 101 cm³/mol. The molecule has 0 saturated carbocycles. The molecule has 1 aliphatic rings. The maximum atomic E-state index is 12.6. The Hall–Kier alpha value is -2.43. The molecule has 1 aromatic carbocycles. The highest BCUT2D eigenvalue weighted by molar-refractivity contribution is 7.16. The van der Waals surface area contributed by atoms with Crippen LogP contribution in [0.2, 0.25) is 5.02 Å². The first-order valence-electron chi connectivity index (χ1n) is 8.24. The van der Waals surface area contributed by atoms with Crippen molar-refractivity contribution in [2.45, 2.75) is 32.6 Å². The molecular weight excluding hydrogens is 374 g/mol. The Balaban J connectivity index is 1.93. The maximum Gasteiger partial charge on any atom is 0.283 e. The molecule has 3 rings (SSSR count). The Labute approximate surface area is 159 Å². The van der Waals surface area contributed by atoms with Crippen molar-refractivity contribution >= 4 is 39.5 Å². The number of thiophene rings is 1. The summed E-state index contributed by atoms with van der Waals surface area (Å²) in [6.45, 7) is 2.15. The first-order valence-corrected chi connectivity index (χ1v) is 9.44. The summed E-state index contributed by atoms with van der Waals surface area (Å²) in [6.07, 6.45) is 3.84. The minimum atomic E-state index is -0.642. The highest BCUT2D eigenvalue weighted by Crippen LogP contribution is 2.40. The fourth-order valence-electron chi connectivity index (χ4n) is 3.23. The molecule has 1 heterocycles. The van der Waals surface area contributed by atoms with E-state index in [4.69, 9.17) is 11.6 Å². The summed E-state index contributed by atoms with van der Waals surface area (Å²) in [5.41, 5.74) is 1.04. The van der Waals surface area contributed by atoms with Gasteiger partial charge in [0, 0.05) is 16.0 Å². The number of nitrogens with zero attached hydrogens (tertiary/aromatic N) is 2. The van der Waals surface area contributed by atoms with E-state index in [9.17, 15) is 20.2 Å². The average Bonchev–Trinajstić information content (AvgIpc) is 2.97. The van der Waals surface area contributed by atoms with Crippen molar-refractivity contribution in [3.8, 4) is 6.07 Å². The molecule has 8 heteroatoms. The predicted octanol–water partition coefficient (Wildman–Crippen LogP) is 4.95. The molecule has 0 saturated heterocycles. The van der Waals surface area contributed by atoms with Gasteiger partial charge in [-0.1, -0.05) is 24.9 Å². The number of rotatable bonds is 4. The molecule has 2 aromatic rings. The van der Waals surface area contributed by atoms with Gasteiger partial charge >= 0.3 is 0 Å². The molecule has 134 valence electrons. The summed E-state index contributed by atoms with van der Waals surface area (Å²) in [5, 5.41) is 24.1. The molecule has 1 atom stereocenters. The topological polar surface area (TPSA) is 96.0 Å². The van der Waals surface area contributed by atoms with Crippen molar-refractivity contribution in [1.29, 1.82) is 5.26 Å². The van der Waals surface area contributed by atoms with Crippen LogP contribution in [0.15, 0.2) is 18.2 Å². The van der Waals surface area contributed by atoms with E-state index in [1.807, 2.05) is 0 Å². The molecule has 0 spiro atoms. The van der Waals surface area contributed by atoms with Gasteiger partial charge in [0.05, 0.1) is 10.5 Å². The minimum Gasteiger partial charge on any atom is -0.312 e. The van der Waals surface area contributed by atoms with Gasteiger partial charge < -0.3 is 5.32 Å². The van der Waals surface area contributed by atoms with Crippen LogP contribution in [0.4, 0.5) is 10.7 Å². The Bertz CT molecular complexity index is 932. The summed E-state index contributed by atoms with van der Waals surface area (Å²) >= 11 is 7.19. The molecule has 1 aliphatic carbocycles. The normalized spacial score (nSPS) is 15.8. The van der Waals surface area contributed by atoms with Gasteiger partial charge in [-0.05, 0) is 42.9 Å². The zero-order valence-electron chi connectivity index (χ0n) is 14.0. The van der Waals surface area contributed by atoms with Crippen molar-refractivity contribution in [1.82, 2.24) is 0 Å². The number of nitriles is 1. The van der Waals surface area contributed by atoms with Crippen LogP contribution in [-0.4, -0.2) is 10.8 Å². The smallest absolute Gasteiger partial charge is 0.283 e. The third kappa shape index (κ3) is 3.43. The monoisotopic (exact) mass is 389 g/mol. The minimum absolute atomic E-state index is 0.0823. The molecule has 0 fully saturated rings. The lowest BCUT2D eigenvalue weighted by Gasteiger charge is -2.20. The number of amides is 1. The lowest BCUT2D eigenvalue weighted by Crippen LogP contribution is -2.14. The summed E-state index contributed by atoms with van der Waals surface area (Å²) < 4.78 is 0. The number of nitrogens with one attached hydrogen (secondary N) is 1. The number of hydrogen-bond acceptors (Lipinski definition) is 5. The molecule has 0 radical (unpaired) electrons. The van der Waals surface area contributed by atoms with Gasteiger partial charge in [0.15, 0.2) is 0 Å². The van der Waals surface area contributed by atoms with E-state index in [0.717, 1.165) is 42.2 Å². The molecule has 6 nitrogen and oxygen atoms in total. The summed E-state index contributed by atoms with van der Waals surface area (Å²) in [5.74, 6) is -0.0240. The van der Waals surface area contributed by atoms with E-state index in [-0.39, 0.29) is 16.3 Å². The zero-order valence-corrected chi connectivity index (χ0v) is 15.6. The second kappa shape index (κ2) is 7.44. The quantitative estimate of drug-likeness (QED) is 0.591. The van der Waals surface area contributed by atoms with E-state index in [0.29, 0.717) is 16.5 Å². The number of halogens is 1. The maximum absolute atomic E-state index is 12.6. The van der Waals surface area contributed by atoms with E-state index in [1.165, 1.54) is 23.5 Å². The van der Waals surface area contributed by atoms with Crippen molar-refractivity contribution < 1.29 is 9.72 Å². The van der Waals surface area contributed by atoms with E-state index >= 15 is 0 Å². The third-order valence-corrected chi connectivity index (χ3v) is 6.09. The lowest BCUT2D eigenvalue weighted by atomic mass is 9.86. The van der Waals surface area contributed by atoms with E-state index < -0.39 is 10.8 Å². The van der Waals surface area contributed by atoms with Gasteiger partial charge in [-0.25, -0.2) is 0 Å². The Kier molecular flexibility index (Phi) is 5.25. The number of fused-ring (bicyclic) bond motifs is 1. The average molecular weight is 390 g/mol. The second-order valence-corrected chi connectivity index (χ2v) is 7.75. The van der Waals surface area contributed by atoms with Crippen LogP contribution in [0.3, 0.4) is 0 Å². The Morgan fingerprint density at radius 3 is 2.96 bits per heavy atom. The van der Waals surface area contributed by atoms with Gasteiger partial charge in [0.25, 0.3) is 11.6 Å². The van der Waals surface area contributed by atoms with Gasteiger partial charge in [-0.15, -0.1) is 11.3 Å². The fraction of sp³-hybridized carbons (Fsp3) is 0.333. The van der Waals surface area contributed by atoms with E-state index in [1.54, 1.807) is 0 Å². The molecule has 1 amide bonds.